The first kappa shape index (κ1) is 18.4. The second kappa shape index (κ2) is 7.60. The van der Waals surface area contributed by atoms with Crippen LogP contribution in [0.5, 0.6) is 0 Å². The Morgan fingerprint density at radius 2 is 1.71 bits per heavy atom. The Hall–Kier alpha value is -2.92. The van der Waals surface area contributed by atoms with Gasteiger partial charge in [-0.25, -0.2) is 4.39 Å². The lowest BCUT2D eigenvalue weighted by molar-refractivity contribution is -0.00539. The quantitative estimate of drug-likeness (QED) is 0.709. The summed E-state index contributed by atoms with van der Waals surface area (Å²) in [6.45, 7) is 5.26. The van der Waals surface area contributed by atoms with E-state index < -0.39 is 0 Å². The average Bonchev–Trinajstić information content (AvgIpc) is 2.67. The first-order valence-electron chi connectivity index (χ1n) is 9.50. The van der Waals surface area contributed by atoms with Crippen molar-refractivity contribution in [2.24, 2.45) is 0 Å². The lowest BCUT2D eigenvalue weighted by Gasteiger charge is -2.37. The molecule has 1 aliphatic heterocycles. The highest BCUT2D eigenvalue weighted by atomic mass is 19.1. The molecular formula is C23H23FN2O2. The lowest BCUT2D eigenvalue weighted by atomic mass is 10.1. The summed E-state index contributed by atoms with van der Waals surface area (Å²) in [6.07, 6.45) is 0.103. The van der Waals surface area contributed by atoms with E-state index in [1.165, 1.54) is 6.07 Å². The van der Waals surface area contributed by atoms with Crippen LogP contribution in [0.15, 0.2) is 60.7 Å². The Balaban J connectivity index is 1.51. The van der Waals surface area contributed by atoms with Crippen LogP contribution in [-0.4, -0.2) is 31.2 Å². The van der Waals surface area contributed by atoms with Crippen LogP contribution in [0.1, 0.15) is 24.2 Å². The van der Waals surface area contributed by atoms with Gasteiger partial charge in [0.1, 0.15) is 5.82 Å². The zero-order valence-corrected chi connectivity index (χ0v) is 16.0. The van der Waals surface area contributed by atoms with E-state index in [0.717, 1.165) is 10.8 Å². The zero-order chi connectivity index (χ0) is 19.7. The number of carbonyl (C=O) groups is 1. The summed E-state index contributed by atoms with van der Waals surface area (Å²) >= 11 is 0. The molecule has 2 atom stereocenters. The molecule has 5 heteroatoms. The first-order valence-corrected chi connectivity index (χ1v) is 9.50. The smallest absolute Gasteiger partial charge is 0.255 e. The SMILES string of the molecule is CC1CN(c2ccc(NC(=O)c3ccc4ccccc4c3)cc2F)CC(C)O1. The predicted molar refractivity (Wildman–Crippen MR) is 111 cm³/mol. The van der Waals surface area contributed by atoms with Gasteiger partial charge < -0.3 is 15.0 Å². The topological polar surface area (TPSA) is 41.6 Å². The third-order valence-electron chi connectivity index (χ3n) is 4.98. The van der Waals surface area contributed by atoms with Gasteiger partial charge >= 0.3 is 0 Å². The number of rotatable bonds is 3. The van der Waals surface area contributed by atoms with Gasteiger partial charge in [-0.1, -0.05) is 30.3 Å². The molecule has 0 spiro atoms. The Kier molecular flexibility index (Phi) is 5.01. The number of benzene rings is 3. The number of amides is 1. The minimum Gasteiger partial charge on any atom is -0.372 e. The monoisotopic (exact) mass is 378 g/mol. The molecule has 0 radical (unpaired) electrons. The molecule has 1 saturated heterocycles. The fourth-order valence-corrected chi connectivity index (χ4v) is 3.75. The highest BCUT2D eigenvalue weighted by Crippen LogP contribution is 2.26. The fraction of sp³-hybridized carbons (Fsp3) is 0.261. The van der Waals surface area contributed by atoms with E-state index in [1.54, 1.807) is 18.2 Å². The molecule has 28 heavy (non-hydrogen) atoms. The van der Waals surface area contributed by atoms with Crippen LogP contribution >= 0.6 is 0 Å². The third kappa shape index (κ3) is 3.85. The molecule has 1 heterocycles. The van der Waals surface area contributed by atoms with Crippen LogP contribution in [0.2, 0.25) is 0 Å². The average molecular weight is 378 g/mol. The molecule has 0 aliphatic carbocycles. The summed E-state index contributed by atoms with van der Waals surface area (Å²) in [7, 11) is 0. The van der Waals surface area contributed by atoms with Gasteiger partial charge in [0, 0.05) is 24.3 Å². The molecule has 3 aromatic rings. The Morgan fingerprint density at radius 3 is 2.43 bits per heavy atom. The molecular weight excluding hydrogens is 355 g/mol. The van der Waals surface area contributed by atoms with E-state index in [2.05, 4.69) is 5.32 Å². The molecule has 2 unspecified atom stereocenters. The molecule has 0 bridgehead atoms. The van der Waals surface area contributed by atoms with Crippen molar-refractivity contribution in [3.63, 3.8) is 0 Å². The van der Waals surface area contributed by atoms with Gasteiger partial charge in [-0.2, -0.15) is 0 Å². The summed E-state index contributed by atoms with van der Waals surface area (Å²) < 4.78 is 20.4. The van der Waals surface area contributed by atoms with E-state index in [9.17, 15) is 9.18 Å². The number of anilines is 2. The number of hydrogen-bond donors (Lipinski definition) is 1. The van der Waals surface area contributed by atoms with E-state index in [1.807, 2.05) is 55.1 Å². The zero-order valence-electron chi connectivity index (χ0n) is 16.0. The molecule has 4 rings (SSSR count). The van der Waals surface area contributed by atoms with E-state index in [4.69, 9.17) is 4.74 Å². The molecule has 1 fully saturated rings. The van der Waals surface area contributed by atoms with Gasteiger partial charge in [0.05, 0.1) is 17.9 Å². The van der Waals surface area contributed by atoms with Crippen LogP contribution in [0.4, 0.5) is 15.8 Å². The summed E-state index contributed by atoms with van der Waals surface area (Å²) in [4.78, 5) is 14.6. The maximum absolute atomic E-state index is 14.7. The fourth-order valence-electron chi connectivity index (χ4n) is 3.75. The van der Waals surface area contributed by atoms with Crippen molar-refractivity contribution < 1.29 is 13.9 Å². The van der Waals surface area contributed by atoms with Crippen LogP contribution in [0, 0.1) is 5.82 Å². The third-order valence-corrected chi connectivity index (χ3v) is 4.98. The maximum Gasteiger partial charge on any atom is 0.255 e. The first-order chi connectivity index (χ1) is 13.5. The van der Waals surface area contributed by atoms with E-state index in [-0.39, 0.29) is 23.9 Å². The summed E-state index contributed by atoms with van der Waals surface area (Å²) in [6, 6.07) is 18.2. The largest absolute Gasteiger partial charge is 0.372 e. The highest BCUT2D eigenvalue weighted by Gasteiger charge is 2.24. The Morgan fingerprint density at radius 1 is 1.00 bits per heavy atom. The second-order valence-corrected chi connectivity index (χ2v) is 7.34. The van der Waals surface area contributed by atoms with Crippen molar-refractivity contribution in [1.29, 1.82) is 0 Å². The van der Waals surface area contributed by atoms with E-state index >= 15 is 0 Å². The number of nitrogens with zero attached hydrogens (tertiary/aromatic N) is 1. The normalized spacial score (nSPS) is 19.6. The van der Waals surface area contributed by atoms with Gasteiger partial charge in [0.25, 0.3) is 5.91 Å². The standard InChI is InChI=1S/C23H23FN2O2/c1-15-13-26(14-16(2)28-15)22-10-9-20(12-21(22)24)25-23(27)19-8-7-17-5-3-4-6-18(17)11-19/h3-12,15-16H,13-14H2,1-2H3,(H,25,27). The highest BCUT2D eigenvalue weighted by molar-refractivity contribution is 6.06. The maximum atomic E-state index is 14.7. The van der Waals surface area contributed by atoms with Crippen LogP contribution < -0.4 is 10.2 Å². The number of morpholine rings is 1. The molecule has 0 saturated carbocycles. The second-order valence-electron chi connectivity index (χ2n) is 7.34. The predicted octanol–water partition coefficient (Wildman–Crippen LogP) is 4.84. The van der Waals surface area contributed by atoms with Crippen molar-refractivity contribution in [3.8, 4) is 0 Å². The molecule has 144 valence electrons. The van der Waals surface area contributed by atoms with Crippen molar-refractivity contribution in [1.82, 2.24) is 0 Å². The van der Waals surface area contributed by atoms with Gasteiger partial charge in [0.2, 0.25) is 0 Å². The lowest BCUT2D eigenvalue weighted by Crippen LogP contribution is -2.45. The summed E-state index contributed by atoms with van der Waals surface area (Å²) in [5.41, 5.74) is 1.51. The minimum atomic E-state index is -0.349. The van der Waals surface area contributed by atoms with Crippen LogP contribution in [-0.2, 0) is 4.74 Å². The van der Waals surface area contributed by atoms with Crippen LogP contribution in [0.3, 0.4) is 0 Å². The molecule has 1 aliphatic rings. The number of fused-ring (bicyclic) bond motifs is 1. The van der Waals surface area contributed by atoms with Gasteiger partial charge in [0.15, 0.2) is 0 Å². The number of hydrogen-bond acceptors (Lipinski definition) is 3. The van der Waals surface area contributed by atoms with Crippen molar-refractivity contribution in [2.45, 2.75) is 26.1 Å². The molecule has 4 nitrogen and oxygen atoms in total. The molecule has 3 aromatic carbocycles. The Bertz CT molecular complexity index is 1010. The van der Waals surface area contributed by atoms with Crippen LogP contribution in [0.25, 0.3) is 10.8 Å². The van der Waals surface area contributed by atoms with E-state index in [0.29, 0.717) is 30.0 Å². The van der Waals surface area contributed by atoms with Crippen molar-refractivity contribution in [3.05, 3.63) is 72.0 Å². The minimum absolute atomic E-state index is 0.0513. The van der Waals surface area contributed by atoms with Crippen molar-refractivity contribution in [2.75, 3.05) is 23.3 Å². The Labute approximate surface area is 163 Å². The number of ether oxygens (including phenoxy) is 1. The molecule has 1 amide bonds. The summed E-state index contributed by atoms with van der Waals surface area (Å²) in [5.74, 6) is -0.607. The molecule has 0 aromatic heterocycles. The van der Waals surface area contributed by atoms with Gasteiger partial charge in [-0.15, -0.1) is 0 Å². The number of halogens is 1. The molecule has 1 N–H and O–H groups in total. The summed E-state index contributed by atoms with van der Waals surface area (Å²) in [5, 5.41) is 4.85. The number of carbonyl (C=O) groups excluding carboxylic acids is 1. The van der Waals surface area contributed by atoms with Gasteiger partial charge in [-0.3, -0.25) is 4.79 Å². The van der Waals surface area contributed by atoms with Crippen molar-refractivity contribution >= 4 is 28.1 Å². The van der Waals surface area contributed by atoms with Gasteiger partial charge in [-0.05, 0) is 55.0 Å². The number of nitrogens with one attached hydrogen (secondary N) is 1.